The third kappa shape index (κ3) is 5.51. The Kier molecular flexibility index (Phi) is 5.86. The van der Waals surface area contributed by atoms with E-state index in [2.05, 4.69) is 16.2 Å². The van der Waals surface area contributed by atoms with Crippen LogP contribution in [0.4, 0.5) is 5.69 Å². The largest absolute Gasteiger partial charge is 0.331 e. The third-order valence-corrected chi connectivity index (χ3v) is 3.37. The first kappa shape index (κ1) is 16.3. The van der Waals surface area contributed by atoms with Crippen molar-refractivity contribution >= 4 is 38.9 Å². The molecule has 0 saturated heterocycles. The fourth-order valence-corrected chi connectivity index (χ4v) is 1.99. The molecule has 0 saturated carbocycles. The molecule has 0 fully saturated rings. The SMILES string of the molecule is CCCC(=O)NNC(=S)Nc1ccc(S(N)(=O)=O)cc1. The second kappa shape index (κ2) is 7.17. The lowest BCUT2D eigenvalue weighted by Crippen LogP contribution is -2.43. The zero-order valence-corrected chi connectivity index (χ0v) is 12.5. The minimum Gasteiger partial charge on any atom is -0.331 e. The zero-order chi connectivity index (χ0) is 15.2. The molecule has 0 aliphatic rings. The first-order valence-corrected chi connectivity index (χ1v) is 7.77. The van der Waals surface area contributed by atoms with Gasteiger partial charge in [0.25, 0.3) is 0 Å². The number of hydrazine groups is 1. The maximum atomic E-state index is 11.2. The van der Waals surface area contributed by atoms with Crippen LogP contribution in [0.2, 0.25) is 0 Å². The molecular weight excluding hydrogens is 300 g/mol. The van der Waals surface area contributed by atoms with E-state index in [-0.39, 0.29) is 15.9 Å². The normalized spacial score (nSPS) is 10.7. The quantitative estimate of drug-likeness (QED) is 0.474. The molecule has 0 aliphatic heterocycles. The molecule has 1 aromatic rings. The van der Waals surface area contributed by atoms with E-state index in [4.69, 9.17) is 17.4 Å². The molecule has 7 nitrogen and oxygen atoms in total. The number of carbonyl (C=O) groups is 1. The Hall–Kier alpha value is -1.71. The summed E-state index contributed by atoms with van der Waals surface area (Å²) in [5.74, 6) is -0.166. The van der Waals surface area contributed by atoms with Gasteiger partial charge in [0.15, 0.2) is 5.11 Å². The van der Waals surface area contributed by atoms with Crippen molar-refractivity contribution in [2.24, 2.45) is 5.14 Å². The van der Waals surface area contributed by atoms with Gasteiger partial charge < -0.3 is 5.32 Å². The molecule has 5 N–H and O–H groups in total. The van der Waals surface area contributed by atoms with Crippen LogP contribution in [0.3, 0.4) is 0 Å². The molecule has 0 atom stereocenters. The highest BCUT2D eigenvalue weighted by Gasteiger charge is 2.07. The molecular formula is C11H16N4O3S2. The van der Waals surface area contributed by atoms with Gasteiger partial charge in [0.2, 0.25) is 15.9 Å². The minimum atomic E-state index is -3.71. The molecule has 20 heavy (non-hydrogen) atoms. The molecule has 9 heteroatoms. The first-order valence-electron chi connectivity index (χ1n) is 5.81. The monoisotopic (exact) mass is 316 g/mol. The number of primary sulfonamides is 1. The molecule has 0 aliphatic carbocycles. The molecule has 1 amide bonds. The van der Waals surface area contributed by atoms with Crippen molar-refractivity contribution in [3.05, 3.63) is 24.3 Å². The summed E-state index contributed by atoms with van der Waals surface area (Å²) in [5, 5.41) is 7.96. The number of nitrogens with two attached hydrogens (primary N) is 1. The number of rotatable bonds is 4. The van der Waals surface area contributed by atoms with Crippen LogP contribution in [-0.2, 0) is 14.8 Å². The molecule has 0 unspecified atom stereocenters. The summed E-state index contributed by atoms with van der Waals surface area (Å²) >= 11 is 4.96. The summed E-state index contributed by atoms with van der Waals surface area (Å²) in [6, 6.07) is 5.75. The van der Waals surface area contributed by atoms with Crippen LogP contribution in [0.15, 0.2) is 29.2 Å². The second-order valence-corrected chi connectivity index (χ2v) is 5.92. The van der Waals surface area contributed by atoms with E-state index in [1.807, 2.05) is 6.92 Å². The summed E-state index contributed by atoms with van der Waals surface area (Å²) in [6.45, 7) is 1.89. The molecule has 0 aromatic heterocycles. The lowest BCUT2D eigenvalue weighted by molar-refractivity contribution is -0.121. The third-order valence-electron chi connectivity index (χ3n) is 2.23. The summed E-state index contributed by atoms with van der Waals surface area (Å²) < 4.78 is 22.2. The second-order valence-electron chi connectivity index (χ2n) is 3.95. The minimum absolute atomic E-state index is 0.0122. The van der Waals surface area contributed by atoms with E-state index in [0.717, 1.165) is 6.42 Å². The van der Waals surface area contributed by atoms with Gasteiger partial charge >= 0.3 is 0 Å². The van der Waals surface area contributed by atoms with Gasteiger partial charge in [-0.25, -0.2) is 13.6 Å². The first-order chi connectivity index (χ1) is 9.32. The average molecular weight is 316 g/mol. The van der Waals surface area contributed by atoms with Crippen molar-refractivity contribution < 1.29 is 13.2 Å². The maximum Gasteiger partial charge on any atom is 0.238 e. The van der Waals surface area contributed by atoms with Crippen LogP contribution >= 0.6 is 12.2 Å². The average Bonchev–Trinajstić information content (AvgIpc) is 2.36. The lowest BCUT2D eigenvalue weighted by Gasteiger charge is -2.11. The Morgan fingerprint density at radius 1 is 1.25 bits per heavy atom. The number of amides is 1. The Balaban J connectivity index is 2.53. The predicted molar refractivity (Wildman–Crippen MR) is 80.2 cm³/mol. The number of thiocarbonyl (C=S) groups is 1. The Bertz CT molecular complexity index is 584. The highest BCUT2D eigenvalue weighted by molar-refractivity contribution is 7.89. The Morgan fingerprint density at radius 2 is 1.85 bits per heavy atom. The molecule has 1 rings (SSSR count). The van der Waals surface area contributed by atoms with E-state index < -0.39 is 10.0 Å². The standard InChI is InChI=1S/C11H16N4O3S2/c1-2-3-10(16)14-15-11(19)13-8-4-6-9(7-5-8)20(12,17)18/h4-7H,2-3H2,1H3,(H,14,16)(H2,12,17,18)(H2,13,15,19). The van der Waals surface area contributed by atoms with Crippen LogP contribution in [0.1, 0.15) is 19.8 Å². The Labute approximate surface area is 122 Å². The molecule has 110 valence electrons. The smallest absolute Gasteiger partial charge is 0.238 e. The number of hydrogen-bond donors (Lipinski definition) is 4. The van der Waals surface area contributed by atoms with E-state index >= 15 is 0 Å². The predicted octanol–water partition coefficient (Wildman–Crippen LogP) is 0.452. The topological polar surface area (TPSA) is 113 Å². The summed E-state index contributed by atoms with van der Waals surface area (Å²) in [4.78, 5) is 11.2. The van der Waals surface area contributed by atoms with Gasteiger partial charge in [-0.3, -0.25) is 15.6 Å². The van der Waals surface area contributed by atoms with Crippen LogP contribution in [-0.4, -0.2) is 19.4 Å². The lowest BCUT2D eigenvalue weighted by atomic mass is 10.3. The van der Waals surface area contributed by atoms with Crippen molar-refractivity contribution in [2.45, 2.75) is 24.7 Å². The van der Waals surface area contributed by atoms with Crippen LogP contribution in [0.5, 0.6) is 0 Å². The van der Waals surface area contributed by atoms with Crippen LogP contribution < -0.4 is 21.3 Å². The number of nitrogens with one attached hydrogen (secondary N) is 3. The summed E-state index contributed by atoms with van der Waals surface area (Å²) in [6.07, 6.45) is 1.14. The molecule has 0 radical (unpaired) electrons. The van der Waals surface area contributed by atoms with E-state index in [0.29, 0.717) is 12.1 Å². The van der Waals surface area contributed by atoms with Gasteiger partial charge in [-0.1, -0.05) is 6.92 Å². The van der Waals surface area contributed by atoms with Gasteiger partial charge in [-0.2, -0.15) is 0 Å². The van der Waals surface area contributed by atoms with Crippen molar-refractivity contribution in [3.8, 4) is 0 Å². The Morgan fingerprint density at radius 3 is 2.35 bits per heavy atom. The van der Waals surface area contributed by atoms with E-state index in [9.17, 15) is 13.2 Å². The molecule has 0 spiro atoms. The number of carbonyl (C=O) groups excluding carboxylic acids is 1. The molecule has 0 bridgehead atoms. The van der Waals surface area contributed by atoms with Crippen molar-refractivity contribution in [1.82, 2.24) is 10.9 Å². The number of sulfonamides is 1. The molecule has 1 aromatic carbocycles. The highest BCUT2D eigenvalue weighted by atomic mass is 32.2. The van der Waals surface area contributed by atoms with Crippen LogP contribution in [0.25, 0.3) is 0 Å². The number of hydrogen-bond acceptors (Lipinski definition) is 4. The fourth-order valence-electron chi connectivity index (χ4n) is 1.31. The van der Waals surface area contributed by atoms with Gasteiger partial charge in [0.05, 0.1) is 4.90 Å². The van der Waals surface area contributed by atoms with Crippen molar-refractivity contribution in [1.29, 1.82) is 0 Å². The van der Waals surface area contributed by atoms with Gasteiger partial charge in [0, 0.05) is 12.1 Å². The number of benzene rings is 1. The van der Waals surface area contributed by atoms with E-state index in [1.165, 1.54) is 24.3 Å². The highest BCUT2D eigenvalue weighted by Crippen LogP contribution is 2.12. The number of anilines is 1. The summed E-state index contributed by atoms with van der Waals surface area (Å²) in [5.41, 5.74) is 5.54. The van der Waals surface area contributed by atoms with Gasteiger partial charge in [-0.15, -0.1) is 0 Å². The zero-order valence-electron chi connectivity index (χ0n) is 10.8. The molecule has 0 heterocycles. The van der Waals surface area contributed by atoms with Crippen molar-refractivity contribution in [3.63, 3.8) is 0 Å². The summed E-state index contributed by atoms with van der Waals surface area (Å²) in [7, 11) is -3.71. The van der Waals surface area contributed by atoms with Gasteiger partial charge in [-0.05, 0) is 42.9 Å². The fraction of sp³-hybridized carbons (Fsp3) is 0.273. The van der Waals surface area contributed by atoms with Crippen LogP contribution in [0, 0.1) is 0 Å². The van der Waals surface area contributed by atoms with Gasteiger partial charge in [0.1, 0.15) is 0 Å². The maximum absolute atomic E-state index is 11.2. The van der Waals surface area contributed by atoms with Crippen molar-refractivity contribution in [2.75, 3.05) is 5.32 Å². The van der Waals surface area contributed by atoms with E-state index in [1.54, 1.807) is 0 Å².